The Balaban J connectivity index is 1.81. The summed E-state index contributed by atoms with van der Waals surface area (Å²) in [6.07, 6.45) is 0. The van der Waals surface area contributed by atoms with E-state index in [1.807, 2.05) is 44.2 Å². The minimum Gasteiger partial charge on any atom is -0.350 e. The van der Waals surface area contributed by atoms with Crippen LogP contribution in [-0.2, 0) is 9.59 Å². The Morgan fingerprint density at radius 1 is 0.844 bits per heavy atom. The third-order valence-corrected chi connectivity index (χ3v) is 5.69. The summed E-state index contributed by atoms with van der Waals surface area (Å²) in [5.41, 5.74) is 5.24. The van der Waals surface area contributed by atoms with Gasteiger partial charge in [-0.05, 0) is 72.4 Å². The highest BCUT2D eigenvalue weighted by atomic mass is 19.1. The Kier molecular flexibility index (Phi) is 5.66. The molecule has 0 radical (unpaired) electrons. The van der Waals surface area contributed by atoms with Crippen LogP contribution in [0.15, 0.2) is 72.4 Å². The molecule has 4 rings (SSSR count). The van der Waals surface area contributed by atoms with E-state index in [1.165, 1.54) is 29.2 Å². The molecular weight excluding hydrogens is 403 g/mol. The number of nitrogens with one attached hydrogen (secondary N) is 1. The van der Waals surface area contributed by atoms with Gasteiger partial charge < -0.3 is 5.32 Å². The quantitative estimate of drug-likeness (QED) is 0.510. The standard InChI is InChI=1S/C27H25FN2O2/c1-16(2)19-9-13-22(14-10-19)30-26(31)24(20-7-11-21(28)12-8-20)25(27(30)32)29-23-15-17(3)5-6-18(23)4/h5-16,29H,1-4H3. The van der Waals surface area contributed by atoms with Crippen molar-refractivity contribution in [2.24, 2.45) is 0 Å². The van der Waals surface area contributed by atoms with E-state index in [9.17, 15) is 14.0 Å². The van der Waals surface area contributed by atoms with Crippen LogP contribution in [0.5, 0.6) is 0 Å². The van der Waals surface area contributed by atoms with E-state index in [0.717, 1.165) is 22.4 Å². The van der Waals surface area contributed by atoms with Crippen LogP contribution in [0, 0.1) is 19.7 Å². The van der Waals surface area contributed by atoms with Crippen molar-refractivity contribution in [3.8, 4) is 0 Å². The number of carbonyl (C=O) groups excluding carboxylic acids is 2. The molecule has 4 nitrogen and oxygen atoms in total. The van der Waals surface area contributed by atoms with E-state index >= 15 is 0 Å². The second kappa shape index (κ2) is 8.42. The molecular formula is C27H25FN2O2. The summed E-state index contributed by atoms with van der Waals surface area (Å²) in [7, 11) is 0. The first-order valence-electron chi connectivity index (χ1n) is 10.6. The average Bonchev–Trinajstić information content (AvgIpc) is 3.01. The van der Waals surface area contributed by atoms with Crippen LogP contribution in [0.4, 0.5) is 15.8 Å². The van der Waals surface area contributed by atoms with E-state index < -0.39 is 17.6 Å². The summed E-state index contributed by atoms with van der Waals surface area (Å²) in [6, 6.07) is 18.9. The van der Waals surface area contributed by atoms with Gasteiger partial charge in [-0.15, -0.1) is 0 Å². The van der Waals surface area contributed by atoms with Crippen molar-refractivity contribution in [3.05, 3.63) is 100 Å². The highest BCUT2D eigenvalue weighted by Gasteiger charge is 2.40. The van der Waals surface area contributed by atoms with Crippen LogP contribution in [0.3, 0.4) is 0 Å². The van der Waals surface area contributed by atoms with Crippen molar-refractivity contribution >= 4 is 28.8 Å². The smallest absolute Gasteiger partial charge is 0.282 e. The van der Waals surface area contributed by atoms with Crippen molar-refractivity contribution in [2.45, 2.75) is 33.6 Å². The monoisotopic (exact) mass is 428 g/mol. The predicted molar refractivity (Wildman–Crippen MR) is 126 cm³/mol. The molecule has 0 spiro atoms. The zero-order valence-electron chi connectivity index (χ0n) is 18.6. The minimum absolute atomic E-state index is 0.184. The Morgan fingerprint density at radius 3 is 2.12 bits per heavy atom. The van der Waals surface area contributed by atoms with E-state index in [2.05, 4.69) is 19.2 Å². The molecule has 1 heterocycles. The molecule has 0 unspecified atom stereocenters. The van der Waals surface area contributed by atoms with Crippen molar-refractivity contribution < 1.29 is 14.0 Å². The maximum atomic E-state index is 13.5. The maximum Gasteiger partial charge on any atom is 0.282 e. The SMILES string of the molecule is Cc1ccc(C)c(NC2=C(c3ccc(F)cc3)C(=O)N(c3ccc(C(C)C)cc3)C2=O)c1. The second-order valence-electron chi connectivity index (χ2n) is 8.39. The molecule has 1 aliphatic heterocycles. The van der Waals surface area contributed by atoms with Crippen LogP contribution >= 0.6 is 0 Å². The number of anilines is 2. The molecule has 3 aromatic rings. The fraction of sp³-hybridized carbons (Fsp3) is 0.185. The van der Waals surface area contributed by atoms with Crippen molar-refractivity contribution in [1.29, 1.82) is 0 Å². The van der Waals surface area contributed by atoms with Gasteiger partial charge in [-0.2, -0.15) is 0 Å². The van der Waals surface area contributed by atoms with Crippen molar-refractivity contribution in [1.82, 2.24) is 0 Å². The maximum absolute atomic E-state index is 13.5. The molecule has 162 valence electrons. The van der Waals surface area contributed by atoms with Crippen LogP contribution in [-0.4, -0.2) is 11.8 Å². The molecule has 1 N–H and O–H groups in total. The van der Waals surface area contributed by atoms with Gasteiger partial charge in [0.15, 0.2) is 0 Å². The first kappa shape index (κ1) is 21.5. The van der Waals surface area contributed by atoms with Gasteiger partial charge >= 0.3 is 0 Å². The van der Waals surface area contributed by atoms with E-state index in [0.29, 0.717) is 17.2 Å². The van der Waals surface area contributed by atoms with Gasteiger partial charge in [0.05, 0.1) is 11.3 Å². The van der Waals surface area contributed by atoms with Crippen molar-refractivity contribution in [2.75, 3.05) is 10.2 Å². The molecule has 3 aromatic carbocycles. The number of imide groups is 1. The largest absolute Gasteiger partial charge is 0.350 e. The van der Waals surface area contributed by atoms with E-state index in [1.54, 1.807) is 12.1 Å². The zero-order valence-corrected chi connectivity index (χ0v) is 18.6. The van der Waals surface area contributed by atoms with Crippen molar-refractivity contribution in [3.63, 3.8) is 0 Å². The molecule has 0 saturated heterocycles. The summed E-state index contributed by atoms with van der Waals surface area (Å²) in [5, 5.41) is 3.20. The third-order valence-electron chi connectivity index (χ3n) is 5.69. The summed E-state index contributed by atoms with van der Waals surface area (Å²) in [4.78, 5) is 28.2. The molecule has 0 saturated carbocycles. The second-order valence-corrected chi connectivity index (χ2v) is 8.39. The number of benzene rings is 3. The molecule has 0 atom stereocenters. The van der Waals surface area contributed by atoms with Gasteiger partial charge in [0.1, 0.15) is 11.5 Å². The molecule has 0 fully saturated rings. The molecule has 5 heteroatoms. The topological polar surface area (TPSA) is 49.4 Å². The van der Waals surface area contributed by atoms with Crippen LogP contribution < -0.4 is 10.2 Å². The molecule has 0 aromatic heterocycles. The molecule has 0 aliphatic carbocycles. The van der Waals surface area contributed by atoms with Crippen LogP contribution in [0.25, 0.3) is 5.57 Å². The first-order chi connectivity index (χ1) is 15.3. The lowest BCUT2D eigenvalue weighted by Gasteiger charge is -2.17. The molecule has 2 amide bonds. The number of rotatable bonds is 5. The first-order valence-corrected chi connectivity index (χ1v) is 10.6. The summed E-state index contributed by atoms with van der Waals surface area (Å²) in [6.45, 7) is 8.07. The highest BCUT2D eigenvalue weighted by Crippen LogP contribution is 2.35. The Hall–Kier alpha value is -3.73. The number of nitrogens with zero attached hydrogens (tertiary/aromatic N) is 1. The van der Waals surface area contributed by atoms with Gasteiger partial charge in [-0.3, -0.25) is 9.59 Å². The number of halogens is 1. The fourth-order valence-electron chi connectivity index (χ4n) is 3.78. The number of aryl methyl sites for hydroxylation is 2. The minimum atomic E-state index is -0.438. The van der Waals surface area contributed by atoms with E-state index in [-0.39, 0.29) is 11.3 Å². The van der Waals surface area contributed by atoms with Gasteiger partial charge in [-0.25, -0.2) is 9.29 Å². The Morgan fingerprint density at radius 2 is 1.50 bits per heavy atom. The van der Waals surface area contributed by atoms with Gasteiger partial charge in [0.25, 0.3) is 11.8 Å². The fourth-order valence-corrected chi connectivity index (χ4v) is 3.78. The molecule has 0 bridgehead atoms. The zero-order chi connectivity index (χ0) is 23.0. The highest BCUT2D eigenvalue weighted by molar-refractivity contribution is 6.46. The number of carbonyl (C=O) groups is 2. The summed E-state index contributed by atoms with van der Waals surface area (Å²) < 4.78 is 13.5. The molecule has 32 heavy (non-hydrogen) atoms. The third kappa shape index (κ3) is 3.94. The Bertz CT molecular complexity index is 1230. The normalized spacial score (nSPS) is 14.0. The summed E-state index contributed by atoms with van der Waals surface area (Å²) >= 11 is 0. The average molecular weight is 429 g/mol. The Labute approximate surface area is 187 Å². The van der Waals surface area contributed by atoms with Gasteiger partial charge in [0, 0.05) is 5.69 Å². The van der Waals surface area contributed by atoms with Gasteiger partial charge in [0.2, 0.25) is 0 Å². The molecule has 1 aliphatic rings. The number of hydrogen-bond donors (Lipinski definition) is 1. The lowest BCUT2D eigenvalue weighted by atomic mass is 10.0. The summed E-state index contributed by atoms with van der Waals surface area (Å²) in [5.74, 6) is -0.945. The van der Waals surface area contributed by atoms with Crippen LogP contribution in [0.1, 0.15) is 42.0 Å². The van der Waals surface area contributed by atoms with Gasteiger partial charge in [-0.1, -0.05) is 50.2 Å². The van der Waals surface area contributed by atoms with Crippen LogP contribution in [0.2, 0.25) is 0 Å². The lowest BCUT2D eigenvalue weighted by molar-refractivity contribution is -0.120. The lowest BCUT2D eigenvalue weighted by Crippen LogP contribution is -2.32. The number of amides is 2. The van der Waals surface area contributed by atoms with E-state index in [4.69, 9.17) is 0 Å². The predicted octanol–water partition coefficient (Wildman–Crippen LogP) is 5.96. The number of hydrogen-bond acceptors (Lipinski definition) is 3.